The highest BCUT2D eigenvalue weighted by Crippen LogP contribution is 2.41. The van der Waals surface area contributed by atoms with Gasteiger partial charge in [0.1, 0.15) is 5.82 Å². The van der Waals surface area contributed by atoms with Gasteiger partial charge in [-0.05, 0) is 42.3 Å². The zero-order valence-corrected chi connectivity index (χ0v) is 11.6. The Kier molecular flexibility index (Phi) is 4.23. The van der Waals surface area contributed by atoms with E-state index < -0.39 is 0 Å². The summed E-state index contributed by atoms with van der Waals surface area (Å²) < 4.78 is 12.9. The minimum absolute atomic E-state index is 0. The normalized spacial score (nSPS) is 20.7. The van der Waals surface area contributed by atoms with Gasteiger partial charge < -0.3 is 5.32 Å². The number of benzene rings is 2. The molecule has 1 N–H and O–H groups in total. The molecule has 0 unspecified atom stereocenters. The zero-order valence-electron chi connectivity index (χ0n) is 10.8. The second-order valence-electron chi connectivity index (χ2n) is 4.87. The lowest BCUT2D eigenvalue weighted by molar-refractivity contribution is 0.628. The van der Waals surface area contributed by atoms with Gasteiger partial charge in [-0.15, -0.1) is 12.4 Å². The molecule has 0 heterocycles. The lowest BCUT2D eigenvalue weighted by atomic mass is 10.0. The van der Waals surface area contributed by atoms with E-state index in [4.69, 9.17) is 0 Å². The van der Waals surface area contributed by atoms with Crippen LogP contribution >= 0.6 is 12.4 Å². The summed E-state index contributed by atoms with van der Waals surface area (Å²) in [5, 5.41) is 3.30. The SMILES string of the molecule is CN[C@@H]1C[C@H]1c1cccc(-c2ccc(F)cc2)c1.Cl. The van der Waals surface area contributed by atoms with Crippen LogP contribution < -0.4 is 5.32 Å². The van der Waals surface area contributed by atoms with Crippen molar-refractivity contribution in [2.24, 2.45) is 0 Å². The molecule has 100 valence electrons. The second kappa shape index (κ2) is 5.72. The van der Waals surface area contributed by atoms with E-state index in [1.807, 2.05) is 19.2 Å². The summed E-state index contributed by atoms with van der Waals surface area (Å²) in [4.78, 5) is 0. The molecule has 1 nitrogen and oxygen atoms in total. The number of rotatable bonds is 3. The van der Waals surface area contributed by atoms with Crippen molar-refractivity contribution in [1.29, 1.82) is 0 Å². The predicted octanol–water partition coefficient (Wildman–Crippen LogP) is 3.99. The smallest absolute Gasteiger partial charge is 0.123 e. The standard InChI is InChI=1S/C16H16FN.ClH/c1-18-16-10-15(16)13-4-2-3-12(9-13)11-5-7-14(17)8-6-11;/h2-9,15-16,18H,10H2,1H3;1H/t15-,16+;/m0./s1. The summed E-state index contributed by atoms with van der Waals surface area (Å²) >= 11 is 0. The number of halogens is 2. The van der Waals surface area contributed by atoms with Crippen LogP contribution in [0.5, 0.6) is 0 Å². The Bertz CT molecular complexity index is 553. The minimum atomic E-state index is -0.188. The highest BCUT2D eigenvalue weighted by molar-refractivity contribution is 5.85. The highest BCUT2D eigenvalue weighted by Gasteiger charge is 2.36. The lowest BCUT2D eigenvalue weighted by Gasteiger charge is -2.05. The molecule has 1 fully saturated rings. The fraction of sp³-hybridized carbons (Fsp3) is 0.250. The van der Waals surface area contributed by atoms with E-state index in [-0.39, 0.29) is 18.2 Å². The van der Waals surface area contributed by atoms with Gasteiger partial charge in [0, 0.05) is 12.0 Å². The summed E-state index contributed by atoms with van der Waals surface area (Å²) in [7, 11) is 2.01. The average molecular weight is 278 g/mol. The van der Waals surface area contributed by atoms with Crippen molar-refractivity contribution in [1.82, 2.24) is 5.32 Å². The molecule has 0 radical (unpaired) electrons. The molecule has 1 saturated carbocycles. The average Bonchev–Trinajstić information content (AvgIpc) is 3.19. The molecule has 2 atom stereocenters. The molecule has 0 bridgehead atoms. The van der Waals surface area contributed by atoms with Gasteiger partial charge in [-0.3, -0.25) is 0 Å². The van der Waals surface area contributed by atoms with Gasteiger partial charge in [0.25, 0.3) is 0 Å². The van der Waals surface area contributed by atoms with Crippen LogP contribution in [0.3, 0.4) is 0 Å². The molecule has 1 aliphatic rings. The fourth-order valence-electron chi connectivity index (χ4n) is 2.47. The Labute approximate surface area is 119 Å². The van der Waals surface area contributed by atoms with Crippen LogP contribution in [0.25, 0.3) is 11.1 Å². The van der Waals surface area contributed by atoms with E-state index >= 15 is 0 Å². The maximum atomic E-state index is 12.9. The van der Waals surface area contributed by atoms with Crippen molar-refractivity contribution in [3.63, 3.8) is 0 Å². The lowest BCUT2D eigenvalue weighted by Crippen LogP contribution is -2.10. The molecule has 3 rings (SSSR count). The van der Waals surface area contributed by atoms with Crippen molar-refractivity contribution < 1.29 is 4.39 Å². The Morgan fingerprint density at radius 3 is 2.42 bits per heavy atom. The van der Waals surface area contributed by atoms with Gasteiger partial charge in [0.15, 0.2) is 0 Å². The Morgan fingerprint density at radius 2 is 1.79 bits per heavy atom. The first-order chi connectivity index (χ1) is 8.78. The minimum Gasteiger partial charge on any atom is -0.316 e. The van der Waals surface area contributed by atoms with E-state index in [2.05, 4.69) is 29.6 Å². The third-order valence-electron chi connectivity index (χ3n) is 3.65. The molecular weight excluding hydrogens is 261 g/mol. The molecule has 0 saturated heterocycles. The van der Waals surface area contributed by atoms with Gasteiger partial charge in [-0.25, -0.2) is 4.39 Å². The molecule has 0 amide bonds. The summed E-state index contributed by atoms with van der Waals surface area (Å²) in [6.45, 7) is 0. The van der Waals surface area contributed by atoms with E-state index in [0.717, 1.165) is 11.1 Å². The van der Waals surface area contributed by atoms with Crippen LogP contribution in [0.4, 0.5) is 4.39 Å². The van der Waals surface area contributed by atoms with Crippen LogP contribution in [0.1, 0.15) is 17.9 Å². The van der Waals surface area contributed by atoms with Crippen molar-refractivity contribution in [3.05, 3.63) is 59.9 Å². The largest absolute Gasteiger partial charge is 0.316 e. The third-order valence-corrected chi connectivity index (χ3v) is 3.65. The molecule has 0 aliphatic heterocycles. The Hall–Kier alpha value is -1.38. The third kappa shape index (κ3) is 2.96. The quantitative estimate of drug-likeness (QED) is 0.894. The van der Waals surface area contributed by atoms with E-state index in [9.17, 15) is 4.39 Å². The maximum absolute atomic E-state index is 12.9. The first kappa shape index (κ1) is 14.0. The van der Waals surface area contributed by atoms with Gasteiger partial charge in [-0.1, -0.05) is 36.4 Å². The first-order valence-corrected chi connectivity index (χ1v) is 6.31. The van der Waals surface area contributed by atoms with E-state index in [1.54, 1.807) is 0 Å². The number of nitrogens with one attached hydrogen (secondary N) is 1. The maximum Gasteiger partial charge on any atom is 0.123 e. The molecule has 2 aromatic carbocycles. The Balaban J connectivity index is 0.00000133. The van der Waals surface area contributed by atoms with Gasteiger partial charge in [-0.2, -0.15) is 0 Å². The topological polar surface area (TPSA) is 12.0 Å². The van der Waals surface area contributed by atoms with Crippen molar-refractivity contribution in [2.75, 3.05) is 7.05 Å². The summed E-state index contributed by atoms with van der Waals surface area (Å²) in [6, 6.07) is 15.9. The van der Waals surface area contributed by atoms with E-state index in [0.29, 0.717) is 12.0 Å². The predicted molar refractivity (Wildman–Crippen MR) is 79.3 cm³/mol. The second-order valence-corrected chi connectivity index (χ2v) is 4.87. The summed E-state index contributed by atoms with van der Waals surface area (Å²) in [5.74, 6) is 0.447. The number of hydrogen-bond donors (Lipinski definition) is 1. The summed E-state index contributed by atoms with van der Waals surface area (Å²) in [6.07, 6.45) is 1.21. The van der Waals surface area contributed by atoms with Crippen LogP contribution in [0, 0.1) is 5.82 Å². The number of hydrogen-bond acceptors (Lipinski definition) is 1. The molecule has 19 heavy (non-hydrogen) atoms. The molecule has 2 aromatic rings. The molecular formula is C16H17ClFN. The highest BCUT2D eigenvalue weighted by atomic mass is 35.5. The molecule has 1 aliphatic carbocycles. The van der Waals surface area contributed by atoms with Gasteiger partial charge in [0.05, 0.1) is 0 Å². The zero-order chi connectivity index (χ0) is 12.5. The van der Waals surface area contributed by atoms with Crippen LogP contribution in [-0.4, -0.2) is 13.1 Å². The first-order valence-electron chi connectivity index (χ1n) is 6.31. The van der Waals surface area contributed by atoms with Gasteiger partial charge in [0.2, 0.25) is 0 Å². The number of likely N-dealkylation sites (N-methyl/N-ethyl adjacent to an activating group) is 1. The molecule has 0 spiro atoms. The van der Waals surface area contributed by atoms with E-state index in [1.165, 1.54) is 24.1 Å². The molecule has 0 aromatic heterocycles. The van der Waals surface area contributed by atoms with Crippen LogP contribution in [0.2, 0.25) is 0 Å². The molecule has 3 heteroatoms. The van der Waals surface area contributed by atoms with Crippen molar-refractivity contribution >= 4 is 12.4 Å². The van der Waals surface area contributed by atoms with Gasteiger partial charge >= 0.3 is 0 Å². The van der Waals surface area contributed by atoms with Crippen LogP contribution in [-0.2, 0) is 0 Å². The fourth-order valence-corrected chi connectivity index (χ4v) is 2.47. The van der Waals surface area contributed by atoms with Crippen molar-refractivity contribution in [3.8, 4) is 11.1 Å². The summed E-state index contributed by atoms with van der Waals surface area (Å²) in [5.41, 5.74) is 3.60. The monoisotopic (exact) mass is 277 g/mol. The van der Waals surface area contributed by atoms with Crippen LogP contribution in [0.15, 0.2) is 48.5 Å². The Morgan fingerprint density at radius 1 is 1.05 bits per heavy atom. The van der Waals surface area contributed by atoms with Crippen molar-refractivity contribution in [2.45, 2.75) is 18.4 Å².